The smallest absolute Gasteiger partial charge is 0.132 e. The fourth-order valence-electron chi connectivity index (χ4n) is 3.51. The van der Waals surface area contributed by atoms with Crippen LogP contribution in [0.25, 0.3) is 0 Å². The molecule has 0 amide bonds. The van der Waals surface area contributed by atoms with Crippen LogP contribution >= 0.6 is 23.4 Å². The predicted molar refractivity (Wildman–Crippen MR) is 122 cm³/mol. The Labute approximate surface area is 191 Å². The molecule has 0 aliphatic carbocycles. The number of halogens is 1. The van der Waals surface area contributed by atoms with E-state index in [2.05, 4.69) is 6.58 Å². The van der Waals surface area contributed by atoms with Crippen LogP contribution in [0.1, 0.15) is 22.8 Å². The van der Waals surface area contributed by atoms with Crippen LogP contribution in [0.3, 0.4) is 0 Å². The summed E-state index contributed by atoms with van der Waals surface area (Å²) in [7, 11) is 1.61. The topological polar surface area (TPSA) is 88.4 Å². The molecular weight excluding hydrogens is 440 g/mol. The number of rotatable bonds is 8. The SMILES string of the molecule is C=CCOc1cc(Cl)c(Cc2ccc(OC)cc2)cc1[C@@H]1O[C@H](SC)[C@@H](O)[C@H](O)[C@H]1O. The van der Waals surface area contributed by atoms with Crippen LogP contribution in [-0.2, 0) is 11.2 Å². The monoisotopic (exact) mass is 466 g/mol. The van der Waals surface area contributed by atoms with Crippen LogP contribution < -0.4 is 9.47 Å². The average Bonchev–Trinajstić information content (AvgIpc) is 2.78. The van der Waals surface area contributed by atoms with E-state index in [1.165, 1.54) is 11.8 Å². The van der Waals surface area contributed by atoms with E-state index in [-0.39, 0.29) is 6.61 Å². The van der Waals surface area contributed by atoms with Crippen molar-refractivity contribution in [1.29, 1.82) is 0 Å². The molecular formula is C23H27ClO6S. The summed E-state index contributed by atoms with van der Waals surface area (Å²) in [6, 6.07) is 11.2. The Balaban J connectivity index is 1.99. The zero-order chi connectivity index (χ0) is 22.5. The molecule has 2 aromatic rings. The van der Waals surface area contributed by atoms with Crippen LogP contribution in [0.4, 0.5) is 0 Å². The number of aliphatic hydroxyl groups excluding tert-OH is 3. The first-order chi connectivity index (χ1) is 14.9. The van der Waals surface area contributed by atoms with Crippen molar-refractivity contribution in [3.05, 3.63) is 70.8 Å². The Bertz CT molecular complexity index is 888. The second-order valence-corrected chi connectivity index (χ2v) is 8.58. The first-order valence-electron chi connectivity index (χ1n) is 9.81. The molecule has 2 aromatic carbocycles. The molecule has 0 saturated carbocycles. The van der Waals surface area contributed by atoms with E-state index in [4.69, 9.17) is 25.8 Å². The fourth-order valence-corrected chi connectivity index (χ4v) is 4.40. The van der Waals surface area contributed by atoms with Gasteiger partial charge in [-0.3, -0.25) is 0 Å². The van der Waals surface area contributed by atoms with Gasteiger partial charge >= 0.3 is 0 Å². The van der Waals surface area contributed by atoms with E-state index in [1.54, 1.807) is 25.5 Å². The Morgan fingerprint density at radius 1 is 1.13 bits per heavy atom. The number of thioether (sulfide) groups is 1. The molecule has 6 nitrogen and oxygen atoms in total. The van der Waals surface area contributed by atoms with Gasteiger partial charge in [-0.25, -0.2) is 0 Å². The Kier molecular flexibility index (Phi) is 8.27. The third kappa shape index (κ3) is 5.37. The standard InChI is InChI=1S/C23H27ClO6S/c1-4-9-29-18-12-17(24)14(10-13-5-7-15(28-2)8-6-13)11-16(18)22-20(26)19(25)21(27)23(30-22)31-3/h4-8,11-12,19-23,25-27H,1,9-10H2,2-3H3/t19-,20-,21+,22+,23-/m1/s1. The van der Waals surface area contributed by atoms with Gasteiger partial charge in [0.2, 0.25) is 0 Å². The van der Waals surface area contributed by atoms with Gasteiger partial charge in [0, 0.05) is 10.6 Å². The van der Waals surface area contributed by atoms with E-state index in [1.807, 2.05) is 30.3 Å². The lowest BCUT2D eigenvalue weighted by Gasteiger charge is -2.40. The Hall–Kier alpha value is -1.74. The molecule has 0 bridgehead atoms. The average molecular weight is 467 g/mol. The molecule has 0 radical (unpaired) electrons. The van der Waals surface area contributed by atoms with Gasteiger partial charge in [0.1, 0.15) is 48.0 Å². The summed E-state index contributed by atoms with van der Waals surface area (Å²) in [6.07, 6.45) is -0.889. The van der Waals surface area contributed by atoms with Crippen molar-refractivity contribution in [3.63, 3.8) is 0 Å². The zero-order valence-electron chi connectivity index (χ0n) is 17.4. The largest absolute Gasteiger partial charge is 0.497 e. The lowest BCUT2D eigenvalue weighted by molar-refractivity contribution is -0.200. The van der Waals surface area contributed by atoms with Gasteiger partial charge in [-0.2, -0.15) is 0 Å². The molecule has 0 unspecified atom stereocenters. The van der Waals surface area contributed by atoms with E-state index in [0.29, 0.717) is 22.8 Å². The maximum atomic E-state index is 10.7. The summed E-state index contributed by atoms with van der Waals surface area (Å²) in [5.74, 6) is 1.19. The summed E-state index contributed by atoms with van der Waals surface area (Å²) in [5.41, 5.74) is 1.68. The van der Waals surface area contributed by atoms with E-state index in [0.717, 1.165) is 16.9 Å². The van der Waals surface area contributed by atoms with Crippen molar-refractivity contribution in [2.75, 3.05) is 20.0 Å². The van der Waals surface area contributed by atoms with Crippen molar-refractivity contribution >= 4 is 23.4 Å². The van der Waals surface area contributed by atoms with E-state index >= 15 is 0 Å². The van der Waals surface area contributed by atoms with E-state index < -0.39 is 29.9 Å². The minimum absolute atomic E-state index is 0.237. The van der Waals surface area contributed by atoms with Crippen LogP contribution in [0.5, 0.6) is 11.5 Å². The zero-order valence-corrected chi connectivity index (χ0v) is 19.0. The van der Waals surface area contributed by atoms with Gasteiger partial charge in [-0.05, 0) is 48.1 Å². The van der Waals surface area contributed by atoms with Crippen molar-refractivity contribution in [3.8, 4) is 11.5 Å². The quantitative estimate of drug-likeness (QED) is 0.514. The summed E-state index contributed by atoms with van der Waals surface area (Å²) in [5, 5.41) is 31.7. The van der Waals surface area contributed by atoms with Crippen molar-refractivity contribution in [2.45, 2.75) is 36.3 Å². The van der Waals surface area contributed by atoms with E-state index in [9.17, 15) is 15.3 Å². The van der Waals surface area contributed by atoms with Crippen molar-refractivity contribution < 1.29 is 29.5 Å². The number of hydrogen-bond donors (Lipinski definition) is 3. The second kappa shape index (κ2) is 10.7. The minimum Gasteiger partial charge on any atom is -0.497 e. The van der Waals surface area contributed by atoms with Crippen molar-refractivity contribution in [1.82, 2.24) is 0 Å². The third-order valence-electron chi connectivity index (χ3n) is 5.20. The number of benzene rings is 2. The minimum atomic E-state index is -1.36. The molecule has 1 aliphatic rings. The molecule has 3 N–H and O–H groups in total. The molecule has 3 rings (SSSR count). The van der Waals surface area contributed by atoms with Gasteiger partial charge in [0.05, 0.1) is 7.11 Å². The lowest BCUT2D eigenvalue weighted by atomic mass is 9.92. The first kappa shape index (κ1) is 23.9. The highest BCUT2D eigenvalue weighted by atomic mass is 35.5. The summed E-state index contributed by atoms with van der Waals surface area (Å²) in [4.78, 5) is 0. The highest BCUT2D eigenvalue weighted by Crippen LogP contribution is 2.41. The highest BCUT2D eigenvalue weighted by Gasteiger charge is 2.45. The van der Waals surface area contributed by atoms with Gasteiger partial charge < -0.3 is 29.5 Å². The lowest BCUT2D eigenvalue weighted by Crippen LogP contribution is -2.53. The van der Waals surface area contributed by atoms with Crippen LogP contribution in [0.2, 0.25) is 5.02 Å². The molecule has 1 saturated heterocycles. The maximum Gasteiger partial charge on any atom is 0.132 e. The third-order valence-corrected chi connectivity index (χ3v) is 6.40. The molecule has 1 fully saturated rings. The molecule has 8 heteroatoms. The number of aliphatic hydroxyl groups is 3. The van der Waals surface area contributed by atoms with Crippen molar-refractivity contribution in [2.24, 2.45) is 0 Å². The number of ether oxygens (including phenoxy) is 3. The molecule has 0 spiro atoms. The fraction of sp³-hybridized carbons (Fsp3) is 0.391. The molecule has 31 heavy (non-hydrogen) atoms. The summed E-state index contributed by atoms with van der Waals surface area (Å²) in [6.45, 7) is 3.90. The number of hydrogen-bond acceptors (Lipinski definition) is 7. The van der Waals surface area contributed by atoms with Crippen LogP contribution in [-0.4, -0.2) is 59.0 Å². The van der Waals surface area contributed by atoms with Crippen LogP contribution in [0.15, 0.2) is 49.1 Å². The molecule has 1 heterocycles. The Morgan fingerprint density at radius 3 is 2.45 bits per heavy atom. The van der Waals surface area contributed by atoms with Gasteiger partial charge in [-0.15, -0.1) is 11.8 Å². The maximum absolute atomic E-state index is 10.7. The van der Waals surface area contributed by atoms with Gasteiger partial charge in [-0.1, -0.05) is 36.4 Å². The van der Waals surface area contributed by atoms with Gasteiger partial charge in [0.15, 0.2) is 0 Å². The Morgan fingerprint density at radius 2 is 1.84 bits per heavy atom. The summed E-state index contributed by atoms with van der Waals surface area (Å²) >= 11 is 7.80. The van der Waals surface area contributed by atoms with Crippen LogP contribution in [0, 0.1) is 0 Å². The first-order valence-corrected chi connectivity index (χ1v) is 11.5. The predicted octanol–water partition coefficient (Wildman–Crippen LogP) is 3.35. The molecule has 1 aliphatic heterocycles. The normalized spacial score (nSPS) is 25.8. The number of methoxy groups -OCH3 is 1. The molecule has 168 valence electrons. The molecule has 0 aromatic heterocycles. The second-order valence-electron chi connectivity index (χ2n) is 7.24. The molecule has 5 atom stereocenters. The highest BCUT2D eigenvalue weighted by molar-refractivity contribution is 7.99. The van der Waals surface area contributed by atoms with Gasteiger partial charge in [0.25, 0.3) is 0 Å². The summed E-state index contributed by atoms with van der Waals surface area (Å²) < 4.78 is 16.9.